The second-order valence-corrected chi connectivity index (χ2v) is 8.20. The Morgan fingerprint density at radius 3 is 2.76 bits per heavy atom. The lowest BCUT2D eigenvalue weighted by atomic mass is 10.0. The predicted molar refractivity (Wildman–Crippen MR) is 123 cm³/mol. The number of halogens is 1. The lowest BCUT2D eigenvalue weighted by molar-refractivity contribution is 0.304. The van der Waals surface area contributed by atoms with Crippen LogP contribution in [0.15, 0.2) is 60.9 Å². The molecule has 4 nitrogen and oxygen atoms in total. The van der Waals surface area contributed by atoms with Crippen LogP contribution in [0.1, 0.15) is 48.8 Å². The van der Waals surface area contributed by atoms with Gasteiger partial charge in [0.2, 0.25) is 0 Å². The fourth-order valence-electron chi connectivity index (χ4n) is 3.95. The van der Waals surface area contributed by atoms with E-state index in [1.165, 1.54) is 5.69 Å². The molecule has 0 unspecified atom stereocenters. The second-order valence-electron chi connectivity index (χ2n) is 7.41. The molecule has 6 heteroatoms. The topological polar surface area (TPSA) is 33.1 Å². The first-order valence-electron chi connectivity index (χ1n) is 10.0. The van der Waals surface area contributed by atoms with Crippen LogP contribution in [-0.2, 0) is 0 Å². The first kappa shape index (κ1) is 19.9. The van der Waals surface area contributed by atoms with Gasteiger partial charge in [-0.15, -0.1) is 0 Å². The molecule has 1 aliphatic heterocycles. The van der Waals surface area contributed by atoms with Crippen LogP contribution < -0.4 is 5.32 Å². The van der Waals surface area contributed by atoms with Gasteiger partial charge in [0.15, 0.2) is 5.11 Å². The molecule has 150 valence electrons. The molecule has 3 aromatic rings. The van der Waals surface area contributed by atoms with Crippen molar-refractivity contribution < 1.29 is 0 Å². The summed E-state index contributed by atoms with van der Waals surface area (Å²) in [6.45, 7) is 5.16. The molecule has 0 aliphatic carbocycles. The standard InChI is InChI=1S/C23H25ClN4S/c1-3-4-13-28-22(21(26-23(28)29)19-8-5-6-12-25-19)20-9-7-14-27(20)17-10-11-18(24)16(2)15-17/h5-12,14-15,21-22H,3-4,13H2,1-2H3,(H,26,29)/t21-,22+/m0/s1. The molecule has 2 aromatic heterocycles. The molecule has 2 atom stereocenters. The molecule has 1 aliphatic rings. The van der Waals surface area contributed by atoms with Crippen molar-refractivity contribution in [3.05, 3.63) is 82.9 Å². The van der Waals surface area contributed by atoms with Crippen molar-refractivity contribution in [2.45, 2.75) is 38.8 Å². The maximum Gasteiger partial charge on any atom is 0.170 e. The summed E-state index contributed by atoms with van der Waals surface area (Å²) in [7, 11) is 0. The third-order valence-electron chi connectivity index (χ3n) is 5.45. The van der Waals surface area contributed by atoms with Gasteiger partial charge in [0.25, 0.3) is 0 Å². The van der Waals surface area contributed by atoms with E-state index in [2.05, 4.69) is 63.2 Å². The summed E-state index contributed by atoms with van der Waals surface area (Å²) >= 11 is 12.0. The molecular weight excluding hydrogens is 400 g/mol. The van der Waals surface area contributed by atoms with Crippen LogP contribution >= 0.6 is 23.8 Å². The number of nitrogens with one attached hydrogen (secondary N) is 1. The van der Waals surface area contributed by atoms with Gasteiger partial charge in [0.05, 0.1) is 17.8 Å². The molecule has 1 N–H and O–H groups in total. The summed E-state index contributed by atoms with van der Waals surface area (Å²) in [4.78, 5) is 6.93. The molecule has 3 heterocycles. The van der Waals surface area contributed by atoms with Crippen LogP contribution in [0.2, 0.25) is 5.02 Å². The zero-order valence-electron chi connectivity index (χ0n) is 16.7. The summed E-state index contributed by atoms with van der Waals surface area (Å²) in [6.07, 6.45) is 6.16. The van der Waals surface area contributed by atoms with E-state index >= 15 is 0 Å². The van der Waals surface area contributed by atoms with Gasteiger partial charge in [-0.1, -0.05) is 31.0 Å². The number of rotatable bonds is 6. The lowest BCUT2D eigenvalue weighted by Gasteiger charge is -2.29. The average molecular weight is 425 g/mol. The number of pyridine rings is 1. The maximum atomic E-state index is 6.26. The SMILES string of the molecule is CCCCN1C(=S)N[C@@H](c2ccccn2)[C@H]1c1cccn1-c1ccc(Cl)c(C)c1. The smallest absolute Gasteiger partial charge is 0.170 e. The first-order chi connectivity index (χ1) is 14.1. The summed E-state index contributed by atoms with van der Waals surface area (Å²) in [5.41, 5.74) is 4.35. The minimum atomic E-state index is 0.00241. The fraction of sp³-hybridized carbons (Fsp3) is 0.304. The van der Waals surface area contributed by atoms with Crippen molar-refractivity contribution in [2.75, 3.05) is 6.54 Å². The Labute approximate surface area is 182 Å². The summed E-state index contributed by atoms with van der Waals surface area (Å²) in [6, 6.07) is 16.5. The minimum Gasteiger partial charge on any atom is -0.352 e. The van der Waals surface area contributed by atoms with E-state index in [0.29, 0.717) is 0 Å². The van der Waals surface area contributed by atoms with E-state index in [1.807, 2.05) is 31.3 Å². The maximum absolute atomic E-state index is 6.26. The second kappa shape index (κ2) is 8.56. The molecule has 0 radical (unpaired) electrons. The van der Waals surface area contributed by atoms with Crippen molar-refractivity contribution in [3.8, 4) is 5.69 Å². The highest BCUT2D eigenvalue weighted by atomic mass is 35.5. The highest BCUT2D eigenvalue weighted by molar-refractivity contribution is 7.80. The zero-order chi connectivity index (χ0) is 20.4. The van der Waals surface area contributed by atoms with Gasteiger partial charge in [-0.2, -0.15) is 0 Å². The molecule has 0 bridgehead atoms. The molecule has 29 heavy (non-hydrogen) atoms. The monoisotopic (exact) mass is 424 g/mol. The van der Waals surface area contributed by atoms with Crippen molar-refractivity contribution in [3.63, 3.8) is 0 Å². The Bertz CT molecular complexity index is 1000. The average Bonchev–Trinajstić information content (AvgIpc) is 3.33. The van der Waals surface area contributed by atoms with E-state index in [4.69, 9.17) is 23.8 Å². The van der Waals surface area contributed by atoms with Crippen LogP contribution in [0.3, 0.4) is 0 Å². The molecule has 1 aromatic carbocycles. The minimum absolute atomic E-state index is 0.00241. The largest absolute Gasteiger partial charge is 0.352 e. The van der Waals surface area contributed by atoms with E-state index in [9.17, 15) is 0 Å². The summed E-state index contributed by atoms with van der Waals surface area (Å²) < 4.78 is 2.23. The summed E-state index contributed by atoms with van der Waals surface area (Å²) in [5, 5.41) is 5.10. The van der Waals surface area contributed by atoms with Crippen LogP contribution in [0.25, 0.3) is 5.69 Å². The highest BCUT2D eigenvalue weighted by Crippen LogP contribution is 2.39. The molecule has 0 spiro atoms. The summed E-state index contributed by atoms with van der Waals surface area (Å²) in [5.74, 6) is 0. The predicted octanol–water partition coefficient (Wildman–Crippen LogP) is 5.61. The Morgan fingerprint density at radius 1 is 1.17 bits per heavy atom. The number of unbranched alkanes of at least 4 members (excludes halogenated alkanes) is 1. The molecular formula is C23H25ClN4S. The Kier molecular flexibility index (Phi) is 5.88. The quantitative estimate of drug-likeness (QED) is 0.521. The zero-order valence-corrected chi connectivity index (χ0v) is 18.2. The van der Waals surface area contributed by atoms with Crippen LogP contribution in [0.4, 0.5) is 0 Å². The number of aryl methyl sites for hydroxylation is 1. The third-order valence-corrected chi connectivity index (χ3v) is 6.23. The Hall–Kier alpha value is -2.37. The number of benzene rings is 1. The number of thiocarbonyl (C=S) groups is 1. The normalized spacial score (nSPS) is 18.9. The first-order valence-corrected chi connectivity index (χ1v) is 10.8. The molecule has 0 saturated carbocycles. The van der Waals surface area contributed by atoms with Crippen LogP contribution in [0.5, 0.6) is 0 Å². The van der Waals surface area contributed by atoms with Gasteiger partial charge in [-0.25, -0.2) is 0 Å². The number of hydrogen-bond donors (Lipinski definition) is 1. The van der Waals surface area contributed by atoms with Gasteiger partial charge < -0.3 is 14.8 Å². The number of hydrogen-bond acceptors (Lipinski definition) is 2. The van der Waals surface area contributed by atoms with Gasteiger partial charge in [-0.05, 0) is 73.6 Å². The Morgan fingerprint density at radius 2 is 2.03 bits per heavy atom. The van der Waals surface area contributed by atoms with Crippen LogP contribution in [-0.4, -0.2) is 26.1 Å². The van der Waals surface area contributed by atoms with Gasteiger partial charge >= 0.3 is 0 Å². The molecule has 1 fully saturated rings. The molecule has 0 amide bonds. The molecule has 1 saturated heterocycles. The number of aromatic nitrogens is 2. The van der Waals surface area contributed by atoms with Crippen molar-refractivity contribution in [1.29, 1.82) is 0 Å². The van der Waals surface area contributed by atoms with Crippen molar-refractivity contribution in [2.24, 2.45) is 0 Å². The van der Waals surface area contributed by atoms with Gasteiger partial charge in [-0.3, -0.25) is 4.98 Å². The molecule has 4 rings (SSSR count). The van der Waals surface area contributed by atoms with E-state index < -0.39 is 0 Å². The Balaban J connectivity index is 1.79. The van der Waals surface area contributed by atoms with Crippen LogP contribution in [0, 0.1) is 6.92 Å². The van der Waals surface area contributed by atoms with Gasteiger partial charge in [0.1, 0.15) is 0 Å². The van der Waals surface area contributed by atoms with E-state index in [1.54, 1.807) is 0 Å². The third kappa shape index (κ3) is 3.89. The highest BCUT2D eigenvalue weighted by Gasteiger charge is 2.40. The van der Waals surface area contributed by atoms with Crippen molar-refractivity contribution in [1.82, 2.24) is 19.8 Å². The van der Waals surface area contributed by atoms with E-state index in [-0.39, 0.29) is 12.1 Å². The van der Waals surface area contributed by atoms with E-state index in [0.717, 1.165) is 46.5 Å². The number of nitrogens with zero attached hydrogens (tertiary/aromatic N) is 3. The van der Waals surface area contributed by atoms with Gasteiger partial charge in [0, 0.05) is 35.3 Å². The van der Waals surface area contributed by atoms with Crippen molar-refractivity contribution >= 4 is 28.9 Å². The lowest BCUT2D eigenvalue weighted by Crippen LogP contribution is -2.31. The fourth-order valence-corrected chi connectivity index (χ4v) is 4.39.